The van der Waals surface area contributed by atoms with Crippen LogP contribution in [0.4, 0.5) is 0 Å². The molecule has 0 spiro atoms. The number of imidazole rings is 1. The zero-order chi connectivity index (χ0) is 12.4. The van der Waals surface area contributed by atoms with Gasteiger partial charge in [-0.2, -0.15) is 0 Å². The average molecular weight is 236 g/mol. The van der Waals surface area contributed by atoms with Crippen LogP contribution in [0.3, 0.4) is 0 Å². The zero-order valence-corrected chi connectivity index (χ0v) is 10.5. The lowest BCUT2D eigenvalue weighted by Gasteiger charge is -2.23. The molecule has 0 unspecified atom stereocenters. The second-order valence-electron chi connectivity index (χ2n) is 4.92. The summed E-state index contributed by atoms with van der Waals surface area (Å²) in [5.41, 5.74) is 6.56. The highest BCUT2D eigenvalue weighted by molar-refractivity contribution is 5.80. The number of amides is 1. The van der Waals surface area contributed by atoms with Gasteiger partial charge in [-0.25, -0.2) is 4.98 Å². The Labute approximate surface area is 102 Å². The molecule has 0 saturated carbocycles. The van der Waals surface area contributed by atoms with Crippen molar-refractivity contribution in [1.82, 2.24) is 14.5 Å². The monoisotopic (exact) mass is 236 g/mol. The molecule has 94 valence electrons. The molecule has 1 aromatic rings. The van der Waals surface area contributed by atoms with E-state index in [0.717, 1.165) is 31.6 Å². The van der Waals surface area contributed by atoms with Crippen molar-refractivity contribution in [1.29, 1.82) is 0 Å². The predicted molar refractivity (Wildman–Crippen MR) is 65.2 cm³/mol. The number of nitrogens with zero attached hydrogens (tertiary/aromatic N) is 3. The van der Waals surface area contributed by atoms with Gasteiger partial charge in [0.05, 0.1) is 18.1 Å². The number of carbonyl (C=O) groups is 1. The molecule has 0 aliphatic carbocycles. The summed E-state index contributed by atoms with van der Waals surface area (Å²) in [5.74, 6) is -0.210. The fraction of sp³-hybridized carbons (Fsp3) is 0.667. The first-order valence-electron chi connectivity index (χ1n) is 6.13. The third-order valence-corrected chi connectivity index (χ3v) is 3.36. The van der Waals surface area contributed by atoms with Gasteiger partial charge < -0.3 is 10.3 Å². The number of likely N-dealkylation sites (tertiary alicyclic amines) is 1. The quantitative estimate of drug-likeness (QED) is 0.845. The number of rotatable bonds is 4. The molecule has 17 heavy (non-hydrogen) atoms. The van der Waals surface area contributed by atoms with Gasteiger partial charge in [0.2, 0.25) is 5.91 Å². The number of aromatic nitrogens is 2. The Morgan fingerprint density at radius 1 is 1.65 bits per heavy atom. The lowest BCUT2D eigenvalue weighted by atomic mass is 10.2. The maximum absolute atomic E-state index is 11.3. The molecule has 0 aromatic carbocycles. The smallest absolute Gasteiger partial charge is 0.234 e. The topological polar surface area (TPSA) is 64.2 Å². The van der Waals surface area contributed by atoms with Crippen LogP contribution in [0.1, 0.15) is 38.4 Å². The van der Waals surface area contributed by atoms with Crippen molar-refractivity contribution in [2.24, 2.45) is 5.73 Å². The van der Waals surface area contributed by atoms with Crippen LogP contribution >= 0.6 is 0 Å². The van der Waals surface area contributed by atoms with E-state index in [-0.39, 0.29) is 11.9 Å². The standard InChI is InChI=1S/C12H20N4O/c1-9(2)16-8-14-6-10(16)7-15-5-3-4-11(15)12(13)17/h6,8-9,11H,3-5,7H2,1-2H3,(H2,13,17)/t11-/m1/s1. The van der Waals surface area contributed by atoms with Crippen molar-refractivity contribution in [3.8, 4) is 0 Å². The Hall–Kier alpha value is -1.36. The number of hydrogen-bond acceptors (Lipinski definition) is 3. The Bertz CT molecular complexity index is 399. The molecular weight excluding hydrogens is 216 g/mol. The second-order valence-corrected chi connectivity index (χ2v) is 4.92. The van der Waals surface area contributed by atoms with E-state index in [9.17, 15) is 4.79 Å². The van der Waals surface area contributed by atoms with Crippen molar-refractivity contribution in [2.45, 2.75) is 45.3 Å². The zero-order valence-electron chi connectivity index (χ0n) is 10.5. The lowest BCUT2D eigenvalue weighted by molar-refractivity contribution is -0.122. The molecule has 2 heterocycles. The second kappa shape index (κ2) is 4.87. The minimum atomic E-state index is -0.210. The van der Waals surface area contributed by atoms with Crippen molar-refractivity contribution in [2.75, 3.05) is 6.54 Å². The first-order valence-corrected chi connectivity index (χ1v) is 6.13. The summed E-state index contributed by atoms with van der Waals surface area (Å²) < 4.78 is 2.14. The lowest BCUT2D eigenvalue weighted by Crippen LogP contribution is -2.40. The van der Waals surface area contributed by atoms with Crippen LogP contribution in [0.15, 0.2) is 12.5 Å². The molecule has 5 heteroatoms. The van der Waals surface area contributed by atoms with Crippen LogP contribution in [0.2, 0.25) is 0 Å². The van der Waals surface area contributed by atoms with Gasteiger partial charge >= 0.3 is 0 Å². The summed E-state index contributed by atoms with van der Waals surface area (Å²) in [5, 5.41) is 0. The highest BCUT2D eigenvalue weighted by Gasteiger charge is 2.29. The van der Waals surface area contributed by atoms with E-state index < -0.39 is 0 Å². The van der Waals surface area contributed by atoms with Crippen LogP contribution in [-0.4, -0.2) is 32.9 Å². The van der Waals surface area contributed by atoms with Gasteiger partial charge in [0, 0.05) is 18.8 Å². The van der Waals surface area contributed by atoms with Crippen molar-refractivity contribution in [3.05, 3.63) is 18.2 Å². The minimum absolute atomic E-state index is 0.106. The fourth-order valence-corrected chi connectivity index (χ4v) is 2.47. The van der Waals surface area contributed by atoms with Crippen LogP contribution in [0.25, 0.3) is 0 Å². The van der Waals surface area contributed by atoms with E-state index in [1.807, 2.05) is 12.5 Å². The van der Waals surface area contributed by atoms with Crippen molar-refractivity contribution >= 4 is 5.91 Å². The Kier molecular flexibility index (Phi) is 3.47. The predicted octanol–water partition coefficient (Wildman–Crippen LogP) is 0.914. The third-order valence-electron chi connectivity index (χ3n) is 3.36. The summed E-state index contributed by atoms with van der Waals surface area (Å²) in [6, 6.07) is 0.285. The van der Waals surface area contributed by atoms with Crippen LogP contribution in [0, 0.1) is 0 Å². The Morgan fingerprint density at radius 2 is 2.41 bits per heavy atom. The molecule has 1 aliphatic rings. The molecule has 1 fully saturated rings. The van der Waals surface area contributed by atoms with Crippen molar-refractivity contribution < 1.29 is 4.79 Å². The van der Waals surface area contributed by atoms with Crippen LogP contribution in [-0.2, 0) is 11.3 Å². The molecule has 1 aromatic heterocycles. The largest absolute Gasteiger partial charge is 0.368 e. The first-order chi connectivity index (χ1) is 8.09. The normalized spacial score (nSPS) is 21.2. The Morgan fingerprint density at radius 3 is 3.06 bits per heavy atom. The number of primary amides is 1. The van der Waals surface area contributed by atoms with Gasteiger partial charge in [0.15, 0.2) is 0 Å². The van der Waals surface area contributed by atoms with Gasteiger partial charge in [0.25, 0.3) is 0 Å². The van der Waals surface area contributed by atoms with Gasteiger partial charge in [-0.1, -0.05) is 0 Å². The van der Waals surface area contributed by atoms with Gasteiger partial charge in [0.1, 0.15) is 0 Å². The van der Waals surface area contributed by atoms with E-state index in [1.54, 1.807) is 0 Å². The highest BCUT2D eigenvalue weighted by Crippen LogP contribution is 2.20. The van der Waals surface area contributed by atoms with Gasteiger partial charge in [-0.05, 0) is 33.2 Å². The molecule has 0 radical (unpaired) electrons. The van der Waals surface area contributed by atoms with Gasteiger partial charge in [-0.3, -0.25) is 9.69 Å². The van der Waals surface area contributed by atoms with Crippen LogP contribution in [0.5, 0.6) is 0 Å². The summed E-state index contributed by atoms with van der Waals surface area (Å²) in [7, 11) is 0. The summed E-state index contributed by atoms with van der Waals surface area (Å²) in [6.07, 6.45) is 5.64. The number of nitrogens with two attached hydrogens (primary N) is 1. The minimum Gasteiger partial charge on any atom is -0.368 e. The molecule has 2 N–H and O–H groups in total. The molecule has 0 bridgehead atoms. The highest BCUT2D eigenvalue weighted by atomic mass is 16.1. The van der Waals surface area contributed by atoms with E-state index >= 15 is 0 Å². The maximum atomic E-state index is 11.3. The molecule has 2 rings (SSSR count). The number of carbonyl (C=O) groups excluding carboxylic acids is 1. The fourth-order valence-electron chi connectivity index (χ4n) is 2.47. The SMILES string of the molecule is CC(C)n1cncc1CN1CCC[C@@H]1C(N)=O. The molecule has 1 saturated heterocycles. The average Bonchev–Trinajstić information content (AvgIpc) is 2.86. The molecule has 5 nitrogen and oxygen atoms in total. The summed E-state index contributed by atoms with van der Waals surface area (Å²) >= 11 is 0. The van der Waals surface area contributed by atoms with E-state index in [4.69, 9.17) is 5.73 Å². The molecule has 1 atom stereocenters. The third kappa shape index (κ3) is 2.49. The van der Waals surface area contributed by atoms with E-state index in [0.29, 0.717) is 6.04 Å². The van der Waals surface area contributed by atoms with E-state index in [2.05, 4.69) is 28.3 Å². The molecule has 1 aliphatic heterocycles. The summed E-state index contributed by atoms with van der Waals surface area (Å²) in [4.78, 5) is 17.6. The maximum Gasteiger partial charge on any atom is 0.234 e. The van der Waals surface area contributed by atoms with E-state index in [1.165, 1.54) is 0 Å². The summed E-state index contributed by atoms with van der Waals surface area (Å²) in [6.45, 7) is 5.95. The molecular formula is C12H20N4O. The van der Waals surface area contributed by atoms with Crippen LogP contribution < -0.4 is 5.73 Å². The Balaban J connectivity index is 2.10. The molecule has 1 amide bonds. The number of hydrogen-bond donors (Lipinski definition) is 1. The van der Waals surface area contributed by atoms with Gasteiger partial charge in [-0.15, -0.1) is 0 Å². The first kappa shape index (κ1) is 12.1. The van der Waals surface area contributed by atoms with Crippen molar-refractivity contribution in [3.63, 3.8) is 0 Å².